The van der Waals surface area contributed by atoms with Gasteiger partial charge in [0.15, 0.2) is 29.1 Å². The number of nitrogens with one attached hydrogen (secondary N) is 21. The average Bonchev–Trinajstić information content (AvgIpc) is 1.35. The molecule has 21 N–H and O–H groups in total. The fraction of sp³-hybridized carbons (Fsp3) is 0.155. The molecule has 0 bridgehead atoms. The van der Waals surface area contributed by atoms with Crippen LogP contribution in [0.25, 0.3) is 76.2 Å². The zero-order valence-electron chi connectivity index (χ0n) is 74.9. The highest BCUT2D eigenvalue weighted by molar-refractivity contribution is 5.95. The van der Waals surface area contributed by atoms with Crippen LogP contribution in [0.2, 0.25) is 0 Å². The first-order valence-corrected chi connectivity index (χ1v) is 44.7. The molecule has 140 heavy (non-hydrogen) atoms. The van der Waals surface area contributed by atoms with Crippen molar-refractivity contribution in [3.8, 4) is 52.5 Å². The molecule has 25 rings (SSSR count). The molecule has 3 aliphatic carbocycles. The highest BCUT2D eigenvalue weighted by Crippen LogP contribution is 2.43. The van der Waals surface area contributed by atoms with Crippen molar-refractivity contribution in [2.75, 3.05) is 52.2 Å². The monoisotopic (exact) mass is 1880 g/mol. The molecule has 0 atom stereocenters. The number of hydrogen-bond donors (Lipinski definition) is 21. The number of aryl methyl sites for hydroxylation is 2. The number of anilines is 11. The van der Waals surface area contributed by atoms with Gasteiger partial charge in [0, 0.05) is 179 Å². The van der Waals surface area contributed by atoms with Crippen LogP contribution in [-0.2, 0) is 11.3 Å². The quantitative estimate of drug-likeness (QED) is 0.0203. The van der Waals surface area contributed by atoms with E-state index in [4.69, 9.17) is 28.4 Å². The molecule has 0 radical (unpaired) electrons. The Hall–Kier alpha value is -19.1. The van der Waals surface area contributed by atoms with Crippen molar-refractivity contribution in [1.29, 1.82) is 0 Å². The van der Waals surface area contributed by atoms with Gasteiger partial charge in [0.05, 0.1) is 72.3 Å². The number of H-pyrrole nitrogens is 15. The lowest BCUT2D eigenvalue weighted by Crippen LogP contribution is -2.11. The first kappa shape index (κ1) is 87.5. The van der Waals surface area contributed by atoms with E-state index in [0.29, 0.717) is 161 Å². The maximum atomic E-state index is 11.7. The topological polar surface area (TPSA) is 592 Å². The van der Waals surface area contributed by atoms with Gasteiger partial charge in [-0.15, -0.1) is 0 Å². The molecule has 22 aromatic rings. The molecule has 702 valence electrons. The third kappa shape index (κ3) is 20.9. The van der Waals surface area contributed by atoms with Crippen molar-refractivity contribution in [3.05, 3.63) is 311 Å². The van der Waals surface area contributed by atoms with Gasteiger partial charge in [-0.05, 0) is 142 Å². The molecule has 7 aromatic carbocycles. The number of ether oxygens (including phenoxy) is 6. The minimum absolute atomic E-state index is 0.152. The second kappa shape index (κ2) is 38.8. The SMILES string of the molecule is COCCNc1cc(Nc2cc(C)[nH]n2)nc(OCc2ccc3c(=O)[nH][nH]c3c2)n1.Cc1cc(Nc2nc(Oc3ccc4c(=O)[nH][nH]c4c3)cc3ccccc23)n[nH]1.O=c1[nH][nH]c2cc(Oc3cc(Nc4cc(C5CC5)[nH]n4)c4ccccc4n3)ccc12.O=c1[nH][nH]c2cc(Oc3cc(Nc4cc(C5CC5)[nH]n4)ccn3)ccc12.O=c1[nH][nH]c2cc(Oc3cc(Nc4cc(C5CC5)[nH]n4)ccn3)ccc12. The number of benzene rings is 7. The Balaban J connectivity index is 0.000000104. The minimum Gasteiger partial charge on any atom is -0.458 e. The predicted octanol–water partition coefficient (Wildman–Crippen LogP) is 17.3. The number of para-hydroxylation sites is 1. The fourth-order valence-corrected chi connectivity index (χ4v) is 15.4. The smallest absolute Gasteiger partial charge is 0.320 e. The first-order chi connectivity index (χ1) is 68.5. The van der Waals surface area contributed by atoms with E-state index in [2.05, 4.69) is 170 Å². The number of rotatable bonds is 28. The number of pyridine rings is 4. The molecule has 15 aromatic heterocycles. The Morgan fingerprint density at radius 2 is 0.764 bits per heavy atom. The molecule has 43 nitrogen and oxygen atoms in total. The largest absolute Gasteiger partial charge is 0.458 e. The van der Waals surface area contributed by atoms with E-state index in [-0.39, 0.29) is 40.4 Å². The van der Waals surface area contributed by atoms with Crippen molar-refractivity contribution in [2.24, 2.45) is 0 Å². The molecule has 0 saturated heterocycles. The summed E-state index contributed by atoms with van der Waals surface area (Å²) in [6, 6.07) is 65.0. The Bertz CT molecular complexity index is 8380. The molecule has 3 aliphatic rings. The van der Waals surface area contributed by atoms with E-state index in [9.17, 15) is 24.0 Å². The van der Waals surface area contributed by atoms with E-state index >= 15 is 0 Å². The second-order valence-electron chi connectivity index (χ2n) is 33.4. The Morgan fingerprint density at radius 1 is 0.343 bits per heavy atom. The van der Waals surface area contributed by atoms with Crippen LogP contribution in [0, 0.1) is 13.8 Å². The van der Waals surface area contributed by atoms with Gasteiger partial charge in [-0.2, -0.15) is 40.4 Å². The Labute approximate surface area is 788 Å². The van der Waals surface area contributed by atoms with Gasteiger partial charge in [-0.25, -0.2) is 15.0 Å². The second-order valence-corrected chi connectivity index (χ2v) is 33.4. The average molecular weight is 1880 g/mol. The molecular weight excluding hydrogens is 1790 g/mol. The lowest BCUT2D eigenvalue weighted by Gasteiger charge is -2.11. The zero-order valence-corrected chi connectivity index (χ0v) is 74.9. The van der Waals surface area contributed by atoms with Gasteiger partial charge >= 0.3 is 6.01 Å². The number of fused-ring (bicyclic) bond motifs is 7. The van der Waals surface area contributed by atoms with E-state index in [1.165, 1.54) is 55.6 Å². The Kier molecular flexibility index (Phi) is 24.3. The lowest BCUT2D eigenvalue weighted by molar-refractivity contribution is 0.210. The summed E-state index contributed by atoms with van der Waals surface area (Å²) < 4.78 is 34.5. The fourth-order valence-electron chi connectivity index (χ4n) is 15.4. The third-order valence-corrected chi connectivity index (χ3v) is 22.8. The summed E-state index contributed by atoms with van der Waals surface area (Å²) in [5.41, 5.74) is 12.3. The van der Waals surface area contributed by atoms with E-state index in [1.54, 1.807) is 117 Å². The van der Waals surface area contributed by atoms with Crippen LogP contribution in [0.5, 0.6) is 52.5 Å². The van der Waals surface area contributed by atoms with Crippen molar-refractivity contribution >= 4 is 140 Å². The molecule has 3 fully saturated rings. The Morgan fingerprint density at radius 3 is 1.24 bits per heavy atom. The molecule has 3 saturated carbocycles. The highest BCUT2D eigenvalue weighted by Gasteiger charge is 2.29. The van der Waals surface area contributed by atoms with Crippen LogP contribution in [0.4, 0.5) is 63.6 Å². The van der Waals surface area contributed by atoms with Crippen LogP contribution < -0.4 is 83.4 Å². The van der Waals surface area contributed by atoms with Crippen LogP contribution in [-0.4, -0.2) is 152 Å². The van der Waals surface area contributed by atoms with E-state index in [1.807, 2.05) is 123 Å². The highest BCUT2D eigenvalue weighted by atomic mass is 16.5. The number of methoxy groups -OCH3 is 1. The summed E-state index contributed by atoms with van der Waals surface area (Å²) in [7, 11) is 1.64. The first-order valence-electron chi connectivity index (χ1n) is 44.7. The van der Waals surface area contributed by atoms with Gasteiger partial charge in [-0.3, -0.25) is 100 Å². The standard InChI is InChI=1S/C22H18N6O2.C20H16N6O2.C19H22N8O3.2C18H16N6O2/c29-22-15-8-7-13(9-19(15)26-28-22)30-21-11-18(14-3-1-2-4-16(14)24-21)23-20-10-17(25-27-20)12-5-6-12;1-11-8-17(25-23-11)21-19-14-5-3-2-4-12(14)9-18(22-19)28-13-6-7-15-16(10-13)24-26-20(15)27;1-11-7-17(26-24-11)21-16-9-15(20-5-6-29-2)22-19(23-16)30-10-12-3-4-13-14(8-12)25-27-18(13)28;2*25-18-13-4-3-12(8-15(13)22-24-18)26-17-7-11(5-6-19-17)20-16-9-14(21-23-16)10-1-2-10/h1-4,7-12H,5-6H2,(H2,26,28,29)(H2,23,24,25,27);2-10H,1H3,(H2,24,26,27)(H2,21,22,23,25);3-4,7-9H,5-6,10H2,1-2H3,(H2,25,27,28)(H3,20,21,22,23,24,26);2*3-10H,1-2H2,(H2,22,24,25)(H2,19,20,21,23). The number of hydrogen-bond acceptors (Lipinski definition) is 28. The lowest BCUT2D eigenvalue weighted by atomic mass is 10.1. The van der Waals surface area contributed by atoms with Gasteiger partial charge in [0.2, 0.25) is 23.5 Å². The van der Waals surface area contributed by atoms with E-state index < -0.39 is 0 Å². The molecule has 43 heteroatoms. The molecule has 0 aliphatic heterocycles. The molecule has 0 amide bonds. The van der Waals surface area contributed by atoms with Crippen LogP contribution >= 0.6 is 0 Å². The third-order valence-electron chi connectivity index (χ3n) is 22.8. The van der Waals surface area contributed by atoms with Gasteiger partial charge in [0.25, 0.3) is 27.8 Å². The maximum absolute atomic E-state index is 11.7. The van der Waals surface area contributed by atoms with Gasteiger partial charge in [-0.1, -0.05) is 48.5 Å². The summed E-state index contributed by atoms with van der Waals surface area (Å²) in [6.45, 7) is 5.22. The van der Waals surface area contributed by atoms with Crippen molar-refractivity contribution in [3.63, 3.8) is 0 Å². The number of aromatic amines is 15. The zero-order chi connectivity index (χ0) is 95.1. The summed E-state index contributed by atoms with van der Waals surface area (Å²) in [6.07, 6.45) is 10.7. The summed E-state index contributed by atoms with van der Waals surface area (Å²) >= 11 is 0. The normalized spacial score (nSPS) is 12.7. The number of aromatic nitrogens is 26. The molecule has 15 heterocycles. The van der Waals surface area contributed by atoms with Crippen molar-refractivity contribution < 1.29 is 28.4 Å². The number of nitrogens with zero attached hydrogens (tertiary/aromatic N) is 11. The molecular formula is C97H88N32O11. The summed E-state index contributed by atoms with van der Waals surface area (Å²) in [4.78, 5) is 84.6. The van der Waals surface area contributed by atoms with Gasteiger partial charge in [0.1, 0.15) is 47.1 Å². The maximum Gasteiger partial charge on any atom is 0.320 e. The minimum atomic E-state index is -0.161. The summed E-state index contributed by atoms with van der Waals surface area (Å²) in [5.74, 6) is 11.4. The molecule has 0 spiro atoms. The van der Waals surface area contributed by atoms with Crippen LogP contribution in [0.1, 0.15) is 90.3 Å². The van der Waals surface area contributed by atoms with Crippen LogP contribution in [0.3, 0.4) is 0 Å². The van der Waals surface area contributed by atoms with Crippen LogP contribution in [0.15, 0.2) is 249 Å². The van der Waals surface area contributed by atoms with Crippen molar-refractivity contribution in [2.45, 2.75) is 76.7 Å². The summed E-state index contributed by atoms with van der Waals surface area (Å²) in [5, 5.41) is 88.6. The van der Waals surface area contributed by atoms with E-state index in [0.717, 1.165) is 73.1 Å². The van der Waals surface area contributed by atoms with Crippen molar-refractivity contribution in [1.82, 2.24) is 132 Å². The predicted molar refractivity (Wildman–Crippen MR) is 528 cm³/mol. The van der Waals surface area contributed by atoms with Gasteiger partial charge < -0.3 is 60.3 Å². The molecule has 0 unspecified atom stereocenters.